The second kappa shape index (κ2) is 9.15. The van der Waals surface area contributed by atoms with E-state index in [4.69, 9.17) is 4.74 Å². The molecule has 7 nitrogen and oxygen atoms in total. The van der Waals surface area contributed by atoms with E-state index in [2.05, 4.69) is 5.32 Å². The van der Waals surface area contributed by atoms with Crippen LogP contribution in [0.5, 0.6) is 5.75 Å². The molecule has 0 bridgehead atoms. The van der Waals surface area contributed by atoms with E-state index in [1.165, 1.54) is 11.4 Å². The average molecular weight is 460 g/mol. The molecule has 0 spiro atoms. The summed E-state index contributed by atoms with van der Waals surface area (Å²) < 4.78 is 33.9. The first kappa shape index (κ1) is 21.5. The highest BCUT2D eigenvalue weighted by molar-refractivity contribution is 7.92. The summed E-state index contributed by atoms with van der Waals surface area (Å²) in [6.07, 6.45) is 5.60. The smallest absolute Gasteiger partial charge is 0.235 e. The molecular weight excluding hydrogens is 434 g/mol. The minimum Gasteiger partial charge on any atom is -0.495 e. The van der Waals surface area contributed by atoms with E-state index in [1.54, 1.807) is 29.5 Å². The van der Waals surface area contributed by atoms with Gasteiger partial charge < -0.3 is 14.6 Å². The second-order valence-corrected chi connectivity index (χ2v) is 10.2. The van der Waals surface area contributed by atoms with Crippen LogP contribution in [0.1, 0.15) is 30.9 Å². The van der Waals surface area contributed by atoms with E-state index in [-0.39, 0.29) is 24.1 Å². The Morgan fingerprint density at radius 2 is 2.03 bits per heavy atom. The van der Waals surface area contributed by atoms with E-state index < -0.39 is 10.0 Å². The molecule has 0 unspecified atom stereocenters. The van der Waals surface area contributed by atoms with E-state index in [0.29, 0.717) is 30.1 Å². The zero-order valence-corrected chi connectivity index (χ0v) is 18.9. The Kier molecular flexibility index (Phi) is 6.33. The van der Waals surface area contributed by atoms with Crippen LogP contribution in [0, 0.1) is 0 Å². The first-order valence-corrected chi connectivity index (χ1v) is 12.7. The van der Waals surface area contributed by atoms with E-state index >= 15 is 0 Å². The maximum atomic E-state index is 12.9. The Hall–Kier alpha value is -2.78. The number of methoxy groups -OCH3 is 1. The zero-order chi connectivity index (χ0) is 21.8. The lowest BCUT2D eigenvalue weighted by molar-refractivity contribution is -0.116. The molecule has 164 valence electrons. The SMILES string of the molecule is COc1ccc(NC(=O)C[C@H](c2ccsc2)n2cccc2)cc1N1CCCCS1(=O)=O. The Labute approximate surface area is 186 Å². The minimum atomic E-state index is -3.39. The molecule has 4 rings (SSSR count). The molecule has 2 aromatic heterocycles. The number of rotatable bonds is 7. The lowest BCUT2D eigenvalue weighted by Crippen LogP contribution is -2.38. The van der Waals surface area contributed by atoms with Gasteiger partial charge in [0.2, 0.25) is 15.9 Å². The summed E-state index contributed by atoms with van der Waals surface area (Å²) in [5.41, 5.74) is 2.07. The third kappa shape index (κ3) is 4.77. The van der Waals surface area contributed by atoms with Crippen molar-refractivity contribution in [3.63, 3.8) is 0 Å². The van der Waals surface area contributed by atoms with Gasteiger partial charge in [0.25, 0.3) is 0 Å². The van der Waals surface area contributed by atoms with Gasteiger partial charge in [0.05, 0.1) is 31.0 Å². The molecule has 1 amide bonds. The van der Waals surface area contributed by atoms with Crippen molar-refractivity contribution in [2.45, 2.75) is 25.3 Å². The predicted octanol–water partition coefficient (Wildman–Crippen LogP) is 4.11. The van der Waals surface area contributed by atoms with Crippen LogP contribution in [-0.4, -0.2) is 38.3 Å². The number of aromatic nitrogens is 1. The fourth-order valence-electron chi connectivity index (χ4n) is 3.83. The summed E-state index contributed by atoms with van der Waals surface area (Å²) in [6, 6.07) is 10.9. The molecule has 0 radical (unpaired) electrons. The van der Waals surface area contributed by atoms with Gasteiger partial charge in [-0.3, -0.25) is 9.10 Å². The molecule has 31 heavy (non-hydrogen) atoms. The highest BCUT2D eigenvalue weighted by Crippen LogP contribution is 2.35. The molecule has 1 fully saturated rings. The number of carbonyl (C=O) groups excluding carboxylic acids is 1. The van der Waals surface area contributed by atoms with Crippen molar-refractivity contribution in [1.29, 1.82) is 0 Å². The van der Waals surface area contributed by atoms with Crippen LogP contribution in [0.2, 0.25) is 0 Å². The van der Waals surface area contributed by atoms with Crippen molar-refractivity contribution in [3.8, 4) is 5.75 Å². The topological polar surface area (TPSA) is 80.6 Å². The van der Waals surface area contributed by atoms with E-state index in [1.807, 2.05) is 45.9 Å². The van der Waals surface area contributed by atoms with Gasteiger partial charge in [-0.25, -0.2) is 8.42 Å². The van der Waals surface area contributed by atoms with Gasteiger partial charge in [0.1, 0.15) is 5.75 Å². The number of sulfonamides is 1. The molecule has 1 aromatic carbocycles. The van der Waals surface area contributed by atoms with E-state index in [9.17, 15) is 13.2 Å². The molecule has 3 aromatic rings. The molecule has 1 saturated heterocycles. The average Bonchev–Trinajstić information content (AvgIpc) is 3.46. The third-order valence-electron chi connectivity index (χ3n) is 5.37. The molecule has 1 atom stereocenters. The molecular formula is C22H25N3O4S2. The van der Waals surface area contributed by atoms with Gasteiger partial charge in [0.15, 0.2) is 0 Å². The number of nitrogens with one attached hydrogen (secondary N) is 1. The lowest BCUT2D eigenvalue weighted by atomic mass is 10.1. The highest BCUT2D eigenvalue weighted by atomic mass is 32.2. The Balaban J connectivity index is 1.55. The summed E-state index contributed by atoms with van der Waals surface area (Å²) in [5, 5.41) is 6.97. The highest BCUT2D eigenvalue weighted by Gasteiger charge is 2.28. The van der Waals surface area contributed by atoms with Crippen molar-refractivity contribution < 1.29 is 17.9 Å². The monoisotopic (exact) mass is 459 g/mol. The lowest BCUT2D eigenvalue weighted by Gasteiger charge is -2.29. The molecule has 0 saturated carbocycles. The zero-order valence-electron chi connectivity index (χ0n) is 17.2. The fourth-order valence-corrected chi connectivity index (χ4v) is 6.17. The number of anilines is 2. The molecule has 1 aliphatic heterocycles. The summed E-state index contributed by atoms with van der Waals surface area (Å²) in [7, 11) is -1.88. The van der Waals surface area contributed by atoms with Gasteiger partial charge in [-0.2, -0.15) is 11.3 Å². The van der Waals surface area contributed by atoms with Crippen molar-refractivity contribution in [2.75, 3.05) is 29.0 Å². The molecule has 1 aliphatic rings. The van der Waals surface area contributed by atoms with Crippen LogP contribution in [0.3, 0.4) is 0 Å². The van der Waals surface area contributed by atoms with Crippen LogP contribution >= 0.6 is 11.3 Å². The van der Waals surface area contributed by atoms with Crippen molar-refractivity contribution in [2.24, 2.45) is 0 Å². The number of thiophene rings is 1. The predicted molar refractivity (Wildman–Crippen MR) is 123 cm³/mol. The van der Waals surface area contributed by atoms with Gasteiger partial charge in [0, 0.05) is 24.6 Å². The van der Waals surface area contributed by atoms with Crippen molar-refractivity contribution in [1.82, 2.24) is 4.57 Å². The summed E-state index contributed by atoms with van der Waals surface area (Å²) in [4.78, 5) is 12.9. The summed E-state index contributed by atoms with van der Waals surface area (Å²) >= 11 is 1.60. The number of ether oxygens (including phenoxy) is 1. The number of nitrogens with zero attached hydrogens (tertiary/aromatic N) is 2. The van der Waals surface area contributed by atoms with Gasteiger partial charge in [-0.05, 0) is 65.6 Å². The molecule has 9 heteroatoms. The van der Waals surface area contributed by atoms with Gasteiger partial charge in [-0.1, -0.05) is 0 Å². The number of carbonyl (C=O) groups is 1. The maximum Gasteiger partial charge on any atom is 0.235 e. The number of hydrogen-bond donors (Lipinski definition) is 1. The van der Waals surface area contributed by atoms with Crippen LogP contribution in [0.25, 0.3) is 0 Å². The third-order valence-corrected chi connectivity index (χ3v) is 7.93. The Bertz CT molecular complexity index is 1090. The standard InChI is InChI=1S/C22H25N3O4S2/c1-29-21-7-6-18(14-20(21)25-11-4-5-13-31(25,27)28)23-22(26)15-19(17-8-12-30-16-17)24-9-2-3-10-24/h2-3,6-10,12,14,16,19H,4-5,11,13,15H2,1H3,(H,23,26)/t19-/m1/s1. The largest absolute Gasteiger partial charge is 0.495 e. The number of amides is 1. The first-order valence-electron chi connectivity index (χ1n) is 10.1. The van der Waals surface area contributed by atoms with Crippen LogP contribution in [-0.2, 0) is 14.8 Å². The molecule has 3 heterocycles. The fraction of sp³-hybridized carbons (Fsp3) is 0.318. The van der Waals surface area contributed by atoms with Gasteiger partial charge >= 0.3 is 0 Å². The first-order chi connectivity index (χ1) is 15.0. The Morgan fingerprint density at radius 1 is 1.23 bits per heavy atom. The van der Waals surface area contributed by atoms with Crippen LogP contribution < -0.4 is 14.4 Å². The van der Waals surface area contributed by atoms with Crippen molar-refractivity contribution in [3.05, 3.63) is 65.1 Å². The summed E-state index contributed by atoms with van der Waals surface area (Å²) in [5.74, 6) is 0.431. The minimum absolute atomic E-state index is 0.110. The maximum absolute atomic E-state index is 12.9. The Morgan fingerprint density at radius 3 is 2.71 bits per heavy atom. The summed E-state index contributed by atoms with van der Waals surface area (Å²) in [6.45, 7) is 0.407. The number of hydrogen-bond acceptors (Lipinski definition) is 5. The number of benzene rings is 1. The van der Waals surface area contributed by atoms with Crippen molar-refractivity contribution >= 4 is 38.6 Å². The van der Waals surface area contributed by atoms with Gasteiger partial charge in [-0.15, -0.1) is 0 Å². The quantitative estimate of drug-likeness (QED) is 0.577. The van der Waals surface area contributed by atoms with E-state index in [0.717, 1.165) is 12.0 Å². The second-order valence-electron chi connectivity index (χ2n) is 7.44. The normalized spacial score (nSPS) is 16.6. The van der Waals surface area contributed by atoms with Crippen LogP contribution in [0.4, 0.5) is 11.4 Å². The molecule has 1 N–H and O–H groups in total. The molecule has 0 aliphatic carbocycles. The van der Waals surface area contributed by atoms with Crippen LogP contribution in [0.15, 0.2) is 59.6 Å².